The molecular formula is C13H18O5. The number of carbonyl (C=O) groups excluding carboxylic acids is 1. The summed E-state index contributed by atoms with van der Waals surface area (Å²) in [5.74, 6) is 0.990. The van der Waals surface area contributed by atoms with Crippen LogP contribution >= 0.6 is 0 Å². The highest BCUT2D eigenvalue weighted by molar-refractivity contribution is 5.99. The van der Waals surface area contributed by atoms with Gasteiger partial charge in [-0.2, -0.15) is 0 Å². The van der Waals surface area contributed by atoms with Gasteiger partial charge in [0.05, 0.1) is 33.0 Å². The molecule has 0 N–H and O–H groups in total. The molecule has 100 valence electrons. The summed E-state index contributed by atoms with van der Waals surface area (Å²) in [7, 11) is 4.65. The molecule has 18 heavy (non-hydrogen) atoms. The zero-order valence-electron chi connectivity index (χ0n) is 10.9. The zero-order chi connectivity index (χ0) is 13.4. The molecule has 0 aromatic heterocycles. The molecule has 1 aromatic rings. The van der Waals surface area contributed by atoms with Crippen LogP contribution in [0.3, 0.4) is 0 Å². The Balaban J connectivity index is 2.66. The summed E-state index contributed by atoms with van der Waals surface area (Å²) >= 11 is 0. The van der Waals surface area contributed by atoms with E-state index >= 15 is 0 Å². The molecule has 0 unspecified atom stereocenters. The van der Waals surface area contributed by atoms with Crippen LogP contribution in [0.25, 0.3) is 0 Å². The highest BCUT2D eigenvalue weighted by atomic mass is 16.5. The maximum Gasteiger partial charge on any atom is 0.192 e. The Kier molecular flexibility index (Phi) is 6.18. The molecule has 0 saturated heterocycles. The monoisotopic (exact) mass is 254 g/mol. The van der Waals surface area contributed by atoms with Crippen LogP contribution in [0.4, 0.5) is 0 Å². The van der Waals surface area contributed by atoms with Crippen molar-refractivity contribution < 1.29 is 23.7 Å². The number of hydrogen-bond acceptors (Lipinski definition) is 5. The van der Waals surface area contributed by atoms with Crippen molar-refractivity contribution in [2.75, 3.05) is 41.2 Å². The Hall–Kier alpha value is -1.59. The van der Waals surface area contributed by atoms with Crippen molar-refractivity contribution in [1.29, 1.82) is 0 Å². The predicted molar refractivity (Wildman–Crippen MR) is 66.6 cm³/mol. The first-order valence-electron chi connectivity index (χ1n) is 5.54. The van der Waals surface area contributed by atoms with Crippen molar-refractivity contribution in [3.8, 4) is 11.5 Å². The van der Waals surface area contributed by atoms with Crippen LogP contribution in [-0.4, -0.2) is 46.9 Å². The van der Waals surface area contributed by atoms with E-state index in [-0.39, 0.29) is 12.4 Å². The summed E-state index contributed by atoms with van der Waals surface area (Å²) in [6.45, 7) is 0.861. The largest absolute Gasteiger partial charge is 0.497 e. The SMILES string of the molecule is COCCOCC(=O)c1ccc(OC)cc1OC. The van der Waals surface area contributed by atoms with Crippen molar-refractivity contribution in [3.05, 3.63) is 23.8 Å². The molecular weight excluding hydrogens is 236 g/mol. The smallest absolute Gasteiger partial charge is 0.192 e. The van der Waals surface area contributed by atoms with Gasteiger partial charge in [-0.05, 0) is 12.1 Å². The average molecular weight is 254 g/mol. The Morgan fingerprint density at radius 1 is 1.11 bits per heavy atom. The summed E-state index contributed by atoms with van der Waals surface area (Å²) in [6, 6.07) is 5.05. The minimum absolute atomic E-state index is 0.00600. The molecule has 1 rings (SSSR count). The van der Waals surface area contributed by atoms with Crippen LogP contribution in [0.15, 0.2) is 18.2 Å². The second-order valence-electron chi connectivity index (χ2n) is 3.53. The fourth-order valence-electron chi connectivity index (χ4n) is 1.41. The molecule has 0 fully saturated rings. The van der Waals surface area contributed by atoms with Gasteiger partial charge in [-0.3, -0.25) is 4.79 Å². The lowest BCUT2D eigenvalue weighted by atomic mass is 10.1. The third-order valence-corrected chi connectivity index (χ3v) is 2.37. The van der Waals surface area contributed by atoms with Crippen molar-refractivity contribution >= 4 is 5.78 Å². The Morgan fingerprint density at radius 3 is 2.50 bits per heavy atom. The van der Waals surface area contributed by atoms with E-state index in [1.807, 2.05) is 0 Å². The van der Waals surface area contributed by atoms with Crippen LogP contribution in [-0.2, 0) is 9.47 Å². The first kappa shape index (κ1) is 14.5. The number of carbonyl (C=O) groups is 1. The fourth-order valence-corrected chi connectivity index (χ4v) is 1.41. The van der Waals surface area contributed by atoms with Gasteiger partial charge in [0, 0.05) is 13.2 Å². The highest BCUT2D eigenvalue weighted by Gasteiger charge is 2.13. The van der Waals surface area contributed by atoms with Crippen LogP contribution in [0.1, 0.15) is 10.4 Å². The van der Waals surface area contributed by atoms with Gasteiger partial charge in [-0.25, -0.2) is 0 Å². The lowest BCUT2D eigenvalue weighted by Crippen LogP contribution is -2.13. The lowest BCUT2D eigenvalue weighted by molar-refractivity contribution is 0.0575. The van der Waals surface area contributed by atoms with E-state index in [4.69, 9.17) is 18.9 Å². The maximum atomic E-state index is 11.9. The Labute approximate surface area is 107 Å². The van der Waals surface area contributed by atoms with Crippen LogP contribution in [0.2, 0.25) is 0 Å². The van der Waals surface area contributed by atoms with Gasteiger partial charge in [0.2, 0.25) is 0 Å². The van der Waals surface area contributed by atoms with Gasteiger partial charge in [-0.1, -0.05) is 0 Å². The molecule has 0 aliphatic carbocycles. The maximum absolute atomic E-state index is 11.9. The number of Topliss-reactive ketones (excluding diaryl/α,β-unsaturated/α-hetero) is 1. The molecule has 0 radical (unpaired) electrons. The Bertz CT molecular complexity index is 389. The van der Waals surface area contributed by atoms with Crippen molar-refractivity contribution in [3.63, 3.8) is 0 Å². The summed E-state index contributed by atoms with van der Waals surface area (Å²) in [5, 5.41) is 0. The average Bonchev–Trinajstić information content (AvgIpc) is 2.42. The van der Waals surface area contributed by atoms with Crippen LogP contribution in [0, 0.1) is 0 Å². The zero-order valence-corrected chi connectivity index (χ0v) is 10.9. The lowest BCUT2D eigenvalue weighted by Gasteiger charge is -2.09. The highest BCUT2D eigenvalue weighted by Crippen LogP contribution is 2.24. The summed E-state index contributed by atoms with van der Waals surface area (Å²) in [5.41, 5.74) is 0.482. The molecule has 0 amide bonds. The molecule has 0 atom stereocenters. The normalized spacial score (nSPS) is 10.2. The summed E-state index contributed by atoms with van der Waals surface area (Å²) < 4.78 is 20.2. The topological polar surface area (TPSA) is 54.0 Å². The van der Waals surface area contributed by atoms with Gasteiger partial charge in [-0.15, -0.1) is 0 Å². The van der Waals surface area contributed by atoms with Crippen molar-refractivity contribution in [2.24, 2.45) is 0 Å². The summed E-state index contributed by atoms with van der Waals surface area (Å²) in [4.78, 5) is 11.9. The van der Waals surface area contributed by atoms with E-state index in [1.165, 1.54) is 7.11 Å². The number of ketones is 1. The van der Waals surface area contributed by atoms with Crippen molar-refractivity contribution in [2.45, 2.75) is 0 Å². The van der Waals surface area contributed by atoms with E-state index < -0.39 is 0 Å². The number of methoxy groups -OCH3 is 3. The van der Waals surface area contributed by atoms with Crippen molar-refractivity contribution in [1.82, 2.24) is 0 Å². The predicted octanol–water partition coefficient (Wildman–Crippen LogP) is 1.55. The van der Waals surface area contributed by atoms with Gasteiger partial charge in [0.15, 0.2) is 5.78 Å². The van der Waals surface area contributed by atoms with Gasteiger partial charge < -0.3 is 18.9 Å². The Morgan fingerprint density at radius 2 is 1.89 bits per heavy atom. The number of ether oxygens (including phenoxy) is 4. The number of rotatable bonds is 8. The van der Waals surface area contributed by atoms with E-state index in [9.17, 15) is 4.79 Å². The molecule has 5 nitrogen and oxygen atoms in total. The van der Waals surface area contributed by atoms with Gasteiger partial charge >= 0.3 is 0 Å². The third kappa shape index (κ3) is 4.01. The van der Waals surface area contributed by atoms with Crippen LogP contribution in [0.5, 0.6) is 11.5 Å². The quantitative estimate of drug-likeness (QED) is 0.520. The van der Waals surface area contributed by atoms with Gasteiger partial charge in [0.1, 0.15) is 18.1 Å². The molecule has 0 aliphatic heterocycles. The third-order valence-electron chi connectivity index (χ3n) is 2.37. The minimum atomic E-state index is -0.134. The van der Waals surface area contributed by atoms with Gasteiger partial charge in [0.25, 0.3) is 0 Å². The second-order valence-corrected chi connectivity index (χ2v) is 3.53. The first-order chi connectivity index (χ1) is 8.72. The fraction of sp³-hybridized carbons (Fsp3) is 0.462. The number of benzene rings is 1. The molecule has 1 aromatic carbocycles. The van der Waals surface area contributed by atoms with Crippen LogP contribution < -0.4 is 9.47 Å². The molecule has 0 saturated carbocycles. The second kappa shape index (κ2) is 7.68. The standard InChI is InChI=1S/C13H18O5/c1-15-6-7-18-9-12(14)11-5-4-10(16-2)8-13(11)17-3/h4-5,8H,6-7,9H2,1-3H3. The van der Waals surface area contributed by atoms with E-state index in [1.54, 1.807) is 32.4 Å². The van der Waals surface area contributed by atoms with E-state index in [0.717, 1.165) is 0 Å². The van der Waals surface area contributed by atoms with E-state index in [2.05, 4.69) is 0 Å². The molecule has 5 heteroatoms. The minimum Gasteiger partial charge on any atom is -0.497 e. The van der Waals surface area contributed by atoms with E-state index in [0.29, 0.717) is 30.3 Å². The number of hydrogen-bond donors (Lipinski definition) is 0. The molecule has 0 spiro atoms. The molecule has 0 bridgehead atoms. The molecule has 0 aliphatic rings. The first-order valence-corrected chi connectivity index (χ1v) is 5.54. The summed E-state index contributed by atoms with van der Waals surface area (Å²) in [6.07, 6.45) is 0. The molecule has 0 heterocycles.